The van der Waals surface area contributed by atoms with Crippen molar-refractivity contribution in [1.29, 1.82) is 0 Å². The van der Waals surface area contributed by atoms with E-state index in [2.05, 4.69) is 43.3 Å². The molecule has 1 N–H and O–H groups in total. The van der Waals surface area contributed by atoms with E-state index in [1.165, 1.54) is 4.88 Å². The van der Waals surface area contributed by atoms with E-state index in [9.17, 15) is 5.11 Å². The van der Waals surface area contributed by atoms with Crippen LogP contribution in [0.1, 0.15) is 18.7 Å². The molecule has 15 heavy (non-hydrogen) atoms. The maximum Gasteiger partial charge on any atom is 0.0589 e. The van der Waals surface area contributed by atoms with Gasteiger partial charge in [0, 0.05) is 17.5 Å². The summed E-state index contributed by atoms with van der Waals surface area (Å²) in [6.07, 6.45) is 1.08. The van der Waals surface area contributed by atoms with Crippen molar-refractivity contribution in [2.24, 2.45) is 5.92 Å². The quantitative estimate of drug-likeness (QED) is 0.805. The van der Waals surface area contributed by atoms with Crippen LogP contribution in [0.25, 0.3) is 0 Å². The molecule has 3 heteroatoms. The molecule has 0 saturated heterocycles. The average Bonchev–Trinajstić information content (AvgIpc) is 2.67. The summed E-state index contributed by atoms with van der Waals surface area (Å²) in [6.45, 7) is 5.58. The van der Waals surface area contributed by atoms with Crippen LogP contribution in [0.15, 0.2) is 17.5 Å². The zero-order valence-corrected chi connectivity index (χ0v) is 10.6. The average molecular weight is 227 g/mol. The highest BCUT2D eigenvalue weighted by atomic mass is 32.1. The molecular formula is C12H21NOS. The minimum atomic E-state index is 0.249. The molecule has 1 aromatic rings. The van der Waals surface area contributed by atoms with Gasteiger partial charge >= 0.3 is 0 Å². The van der Waals surface area contributed by atoms with Crippen LogP contribution < -0.4 is 0 Å². The minimum Gasteiger partial charge on any atom is -0.395 e. The van der Waals surface area contributed by atoms with Gasteiger partial charge in [-0.05, 0) is 30.8 Å². The third-order valence-electron chi connectivity index (χ3n) is 2.81. The number of aliphatic hydroxyl groups excluding tert-OH is 1. The second-order valence-electron chi connectivity index (χ2n) is 4.30. The van der Waals surface area contributed by atoms with Crippen LogP contribution in [0.2, 0.25) is 0 Å². The predicted molar refractivity (Wildman–Crippen MR) is 66.4 cm³/mol. The number of likely N-dealkylation sites (N-methyl/N-ethyl adjacent to an activating group) is 1. The molecule has 0 saturated carbocycles. The van der Waals surface area contributed by atoms with Gasteiger partial charge < -0.3 is 10.0 Å². The van der Waals surface area contributed by atoms with Gasteiger partial charge in [0.15, 0.2) is 0 Å². The molecule has 0 aliphatic carbocycles. The molecule has 0 fully saturated rings. The zero-order chi connectivity index (χ0) is 11.3. The van der Waals surface area contributed by atoms with E-state index in [1.54, 1.807) is 11.3 Å². The van der Waals surface area contributed by atoms with Gasteiger partial charge in [0.1, 0.15) is 0 Å². The third-order valence-corrected chi connectivity index (χ3v) is 3.75. The summed E-state index contributed by atoms with van der Waals surface area (Å²) < 4.78 is 0. The molecule has 86 valence electrons. The van der Waals surface area contributed by atoms with Crippen LogP contribution in [-0.2, 0) is 6.42 Å². The molecule has 2 nitrogen and oxygen atoms in total. The van der Waals surface area contributed by atoms with Crippen molar-refractivity contribution < 1.29 is 5.11 Å². The summed E-state index contributed by atoms with van der Waals surface area (Å²) in [5.74, 6) is 0.503. The Balaban J connectivity index is 2.37. The smallest absolute Gasteiger partial charge is 0.0589 e. The van der Waals surface area contributed by atoms with Crippen LogP contribution >= 0.6 is 11.3 Å². The van der Waals surface area contributed by atoms with Gasteiger partial charge in [-0.15, -0.1) is 11.3 Å². The predicted octanol–water partition coefficient (Wildman–Crippen LogP) is 2.24. The number of thiophene rings is 1. The normalized spacial score (nSPS) is 13.7. The van der Waals surface area contributed by atoms with Crippen molar-refractivity contribution in [3.63, 3.8) is 0 Å². The van der Waals surface area contributed by atoms with Gasteiger partial charge in [0.2, 0.25) is 0 Å². The van der Waals surface area contributed by atoms with Gasteiger partial charge in [-0.2, -0.15) is 0 Å². The first-order valence-electron chi connectivity index (χ1n) is 5.48. The minimum absolute atomic E-state index is 0.249. The Morgan fingerprint density at radius 2 is 2.20 bits per heavy atom. The standard InChI is InChI=1S/C12H21NOS/c1-10(2)12(9-14)13(3)7-6-11-5-4-8-15-11/h4-5,8,10,12,14H,6-7,9H2,1-3H3. The Hall–Kier alpha value is -0.380. The zero-order valence-electron chi connectivity index (χ0n) is 9.81. The van der Waals surface area contributed by atoms with Crippen LogP contribution in [0.5, 0.6) is 0 Å². The van der Waals surface area contributed by atoms with E-state index < -0.39 is 0 Å². The molecule has 1 heterocycles. The number of hydrogen-bond acceptors (Lipinski definition) is 3. The van der Waals surface area contributed by atoms with Gasteiger partial charge in [-0.3, -0.25) is 0 Å². The molecule has 0 radical (unpaired) electrons. The maximum atomic E-state index is 9.28. The summed E-state index contributed by atoms with van der Waals surface area (Å²) >= 11 is 1.80. The van der Waals surface area contributed by atoms with Crippen molar-refractivity contribution >= 4 is 11.3 Å². The van der Waals surface area contributed by atoms with E-state index in [-0.39, 0.29) is 12.6 Å². The molecule has 0 amide bonds. The maximum absolute atomic E-state index is 9.28. The molecule has 0 aromatic carbocycles. The highest BCUT2D eigenvalue weighted by Gasteiger charge is 2.17. The Bertz CT molecular complexity index is 259. The molecule has 1 aromatic heterocycles. The molecule has 1 rings (SSSR count). The second-order valence-corrected chi connectivity index (χ2v) is 5.34. The van der Waals surface area contributed by atoms with Crippen LogP contribution in [0.3, 0.4) is 0 Å². The monoisotopic (exact) mass is 227 g/mol. The summed E-state index contributed by atoms with van der Waals surface area (Å²) in [5, 5.41) is 11.4. The summed E-state index contributed by atoms with van der Waals surface area (Å²) in [5.41, 5.74) is 0. The van der Waals surface area contributed by atoms with E-state index >= 15 is 0 Å². The molecule has 0 bridgehead atoms. The van der Waals surface area contributed by atoms with Crippen molar-refractivity contribution in [3.05, 3.63) is 22.4 Å². The lowest BCUT2D eigenvalue weighted by molar-refractivity contribution is 0.114. The lowest BCUT2D eigenvalue weighted by Crippen LogP contribution is -2.39. The van der Waals surface area contributed by atoms with Gasteiger partial charge in [-0.1, -0.05) is 19.9 Å². The van der Waals surface area contributed by atoms with Gasteiger partial charge in [0.25, 0.3) is 0 Å². The molecule has 1 unspecified atom stereocenters. The first-order chi connectivity index (χ1) is 7.15. The van der Waals surface area contributed by atoms with E-state index in [0.29, 0.717) is 5.92 Å². The Morgan fingerprint density at radius 3 is 2.67 bits per heavy atom. The fourth-order valence-corrected chi connectivity index (χ4v) is 2.46. The third kappa shape index (κ3) is 3.93. The fourth-order valence-electron chi connectivity index (χ4n) is 1.77. The van der Waals surface area contributed by atoms with Crippen molar-refractivity contribution in [1.82, 2.24) is 4.90 Å². The number of rotatable bonds is 6. The summed E-state index contributed by atoms with van der Waals surface area (Å²) in [4.78, 5) is 3.67. The Labute approximate surface area is 96.5 Å². The first-order valence-corrected chi connectivity index (χ1v) is 6.36. The Morgan fingerprint density at radius 1 is 1.47 bits per heavy atom. The van der Waals surface area contributed by atoms with E-state index in [0.717, 1.165) is 13.0 Å². The fraction of sp³-hybridized carbons (Fsp3) is 0.667. The highest BCUT2D eigenvalue weighted by Crippen LogP contribution is 2.12. The number of nitrogens with zero attached hydrogens (tertiary/aromatic N) is 1. The van der Waals surface area contributed by atoms with Gasteiger partial charge in [0.05, 0.1) is 6.61 Å². The van der Waals surface area contributed by atoms with Crippen molar-refractivity contribution in [3.8, 4) is 0 Å². The molecule has 1 atom stereocenters. The largest absolute Gasteiger partial charge is 0.395 e. The summed E-state index contributed by atoms with van der Waals surface area (Å²) in [7, 11) is 2.09. The molecule has 0 aliphatic heterocycles. The lowest BCUT2D eigenvalue weighted by Gasteiger charge is -2.29. The van der Waals surface area contributed by atoms with Crippen LogP contribution in [-0.4, -0.2) is 36.2 Å². The van der Waals surface area contributed by atoms with Crippen molar-refractivity contribution in [2.45, 2.75) is 26.3 Å². The number of aliphatic hydroxyl groups is 1. The van der Waals surface area contributed by atoms with Gasteiger partial charge in [-0.25, -0.2) is 0 Å². The second kappa shape index (κ2) is 6.26. The van der Waals surface area contributed by atoms with E-state index in [4.69, 9.17) is 0 Å². The Kier molecular flexibility index (Phi) is 5.29. The molecule has 0 spiro atoms. The molecule has 0 aliphatic rings. The SMILES string of the molecule is CC(C)C(CO)N(C)CCc1cccs1. The first kappa shape index (κ1) is 12.7. The van der Waals surface area contributed by atoms with Crippen molar-refractivity contribution in [2.75, 3.05) is 20.2 Å². The molecular weight excluding hydrogens is 206 g/mol. The summed E-state index contributed by atoms with van der Waals surface area (Å²) in [6, 6.07) is 4.54. The van der Waals surface area contributed by atoms with E-state index in [1.807, 2.05) is 0 Å². The van der Waals surface area contributed by atoms with Crippen LogP contribution in [0.4, 0.5) is 0 Å². The number of hydrogen-bond donors (Lipinski definition) is 1. The highest BCUT2D eigenvalue weighted by molar-refractivity contribution is 7.09. The lowest BCUT2D eigenvalue weighted by atomic mass is 10.0. The van der Waals surface area contributed by atoms with Crippen LogP contribution in [0, 0.1) is 5.92 Å². The topological polar surface area (TPSA) is 23.5 Å².